The fourth-order valence-electron chi connectivity index (χ4n) is 2.70. The largest absolute Gasteiger partial charge is 0.272 e. The maximum Gasteiger partial charge on any atom is 0.272 e. The molecule has 0 radical (unpaired) electrons. The zero-order valence-corrected chi connectivity index (χ0v) is 15.8. The first-order chi connectivity index (χ1) is 11.6. The van der Waals surface area contributed by atoms with Crippen molar-refractivity contribution in [3.63, 3.8) is 0 Å². The zero-order valence-electron chi connectivity index (χ0n) is 15.8. The molecule has 0 atom stereocenters. The molecular formula is C21H26N2O2. The van der Waals surface area contributed by atoms with E-state index in [4.69, 9.17) is 0 Å². The molecule has 4 nitrogen and oxygen atoms in total. The van der Waals surface area contributed by atoms with E-state index < -0.39 is 5.54 Å². The van der Waals surface area contributed by atoms with Crippen LogP contribution in [0.15, 0.2) is 42.5 Å². The van der Waals surface area contributed by atoms with Crippen LogP contribution in [0.3, 0.4) is 0 Å². The molecule has 2 amide bonds. The van der Waals surface area contributed by atoms with Crippen molar-refractivity contribution >= 4 is 11.8 Å². The molecule has 1 N–H and O–H groups in total. The summed E-state index contributed by atoms with van der Waals surface area (Å²) < 4.78 is 0. The Bertz CT molecular complexity index is 784. The van der Waals surface area contributed by atoms with Gasteiger partial charge in [-0.2, -0.15) is 0 Å². The Hall–Kier alpha value is -2.62. The molecule has 0 unspecified atom stereocenters. The first-order valence-corrected chi connectivity index (χ1v) is 8.38. The maximum absolute atomic E-state index is 13.0. The van der Waals surface area contributed by atoms with E-state index in [9.17, 15) is 9.59 Å². The fourth-order valence-corrected chi connectivity index (χ4v) is 2.70. The molecule has 0 saturated carbocycles. The van der Waals surface area contributed by atoms with Crippen LogP contribution in [-0.2, 0) is 0 Å². The highest BCUT2D eigenvalue weighted by Gasteiger charge is 2.29. The summed E-state index contributed by atoms with van der Waals surface area (Å²) in [6, 6.07) is 13.0. The Morgan fingerprint density at radius 3 is 1.92 bits per heavy atom. The Morgan fingerprint density at radius 1 is 0.840 bits per heavy atom. The van der Waals surface area contributed by atoms with E-state index in [-0.39, 0.29) is 11.8 Å². The Balaban J connectivity index is 2.32. The lowest BCUT2D eigenvalue weighted by Gasteiger charge is -2.35. The van der Waals surface area contributed by atoms with Crippen LogP contribution in [0.2, 0.25) is 0 Å². The van der Waals surface area contributed by atoms with Gasteiger partial charge in [-0.3, -0.25) is 15.0 Å². The van der Waals surface area contributed by atoms with Crippen LogP contribution < -0.4 is 5.43 Å². The number of rotatable bonds is 2. The molecule has 0 aliphatic heterocycles. The van der Waals surface area contributed by atoms with Crippen molar-refractivity contribution in [1.29, 1.82) is 0 Å². The fraction of sp³-hybridized carbons (Fsp3) is 0.333. The molecule has 132 valence electrons. The summed E-state index contributed by atoms with van der Waals surface area (Å²) in [6.07, 6.45) is 0. The van der Waals surface area contributed by atoms with Gasteiger partial charge in [-0.05, 0) is 65.8 Å². The van der Waals surface area contributed by atoms with Crippen LogP contribution >= 0.6 is 0 Å². The minimum Gasteiger partial charge on any atom is -0.267 e. The average Bonchev–Trinajstić information content (AvgIpc) is 2.49. The summed E-state index contributed by atoms with van der Waals surface area (Å²) in [7, 11) is 0. The number of benzene rings is 2. The molecule has 0 aliphatic carbocycles. The zero-order chi connectivity index (χ0) is 18.8. The number of hydrogen-bond acceptors (Lipinski definition) is 2. The number of hydrogen-bond donors (Lipinski definition) is 1. The number of carbonyl (C=O) groups is 2. The molecule has 2 rings (SSSR count). The molecular weight excluding hydrogens is 312 g/mol. The molecule has 25 heavy (non-hydrogen) atoms. The third-order valence-corrected chi connectivity index (χ3v) is 3.84. The smallest absolute Gasteiger partial charge is 0.267 e. The third-order valence-electron chi connectivity index (χ3n) is 3.84. The van der Waals surface area contributed by atoms with Crippen LogP contribution in [0.5, 0.6) is 0 Å². The van der Waals surface area contributed by atoms with Crippen LogP contribution in [-0.4, -0.2) is 22.4 Å². The monoisotopic (exact) mass is 338 g/mol. The summed E-state index contributed by atoms with van der Waals surface area (Å²) >= 11 is 0. The lowest BCUT2D eigenvalue weighted by atomic mass is 10.0. The minimum atomic E-state index is -0.560. The summed E-state index contributed by atoms with van der Waals surface area (Å²) in [5.41, 5.74) is 6.35. The predicted octanol–water partition coefficient (Wildman–Crippen LogP) is 4.20. The van der Waals surface area contributed by atoms with E-state index in [1.807, 2.05) is 77.9 Å². The normalized spacial score (nSPS) is 11.1. The van der Waals surface area contributed by atoms with Gasteiger partial charge in [-0.25, -0.2) is 5.01 Å². The van der Waals surface area contributed by atoms with Crippen molar-refractivity contribution in [2.75, 3.05) is 0 Å². The van der Waals surface area contributed by atoms with Gasteiger partial charge in [-0.15, -0.1) is 0 Å². The van der Waals surface area contributed by atoms with Gasteiger partial charge in [0, 0.05) is 11.1 Å². The number of carbonyl (C=O) groups excluding carboxylic acids is 2. The molecule has 2 aromatic rings. The van der Waals surface area contributed by atoms with E-state index in [1.165, 1.54) is 5.01 Å². The van der Waals surface area contributed by atoms with E-state index in [0.29, 0.717) is 11.1 Å². The highest BCUT2D eigenvalue weighted by atomic mass is 16.2. The van der Waals surface area contributed by atoms with Crippen LogP contribution in [0.25, 0.3) is 0 Å². The van der Waals surface area contributed by atoms with Gasteiger partial charge < -0.3 is 0 Å². The van der Waals surface area contributed by atoms with Crippen molar-refractivity contribution in [3.05, 3.63) is 70.3 Å². The van der Waals surface area contributed by atoms with Crippen molar-refractivity contribution in [2.24, 2.45) is 0 Å². The summed E-state index contributed by atoms with van der Waals surface area (Å²) in [5.74, 6) is -0.517. The second-order valence-corrected chi connectivity index (χ2v) is 7.50. The van der Waals surface area contributed by atoms with Gasteiger partial charge in [-0.1, -0.05) is 34.9 Å². The Kier molecular flexibility index (Phi) is 5.31. The standard InChI is InChI=1S/C21H26N2O2/c1-14-8-7-9-17(11-14)20(25)23(21(4,5)6)22-19(24)18-12-15(2)10-16(3)13-18/h7-13H,1-6H3,(H,22,24). The van der Waals surface area contributed by atoms with Gasteiger partial charge >= 0.3 is 0 Å². The Morgan fingerprint density at radius 2 is 1.40 bits per heavy atom. The van der Waals surface area contributed by atoms with Gasteiger partial charge in [0.15, 0.2) is 0 Å². The molecule has 0 bridgehead atoms. The number of nitrogens with zero attached hydrogens (tertiary/aromatic N) is 1. The lowest BCUT2D eigenvalue weighted by molar-refractivity contribution is 0.0358. The van der Waals surface area contributed by atoms with E-state index in [0.717, 1.165) is 16.7 Å². The van der Waals surface area contributed by atoms with Gasteiger partial charge in [0.05, 0.1) is 5.54 Å². The number of aryl methyl sites for hydroxylation is 3. The molecule has 0 spiro atoms. The van der Waals surface area contributed by atoms with Gasteiger partial charge in [0.2, 0.25) is 0 Å². The predicted molar refractivity (Wildman–Crippen MR) is 100 cm³/mol. The Labute approximate surface area is 149 Å². The molecule has 0 heterocycles. The number of nitrogens with one attached hydrogen (secondary N) is 1. The van der Waals surface area contributed by atoms with E-state index in [2.05, 4.69) is 5.43 Å². The van der Waals surface area contributed by atoms with Crippen molar-refractivity contribution < 1.29 is 9.59 Å². The summed E-state index contributed by atoms with van der Waals surface area (Å²) in [4.78, 5) is 25.7. The molecule has 0 saturated heterocycles. The second-order valence-electron chi connectivity index (χ2n) is 7.50. The highest BCUT2D eigenvalue weighted by Crippen LogP contribution is 2.17. The minimum absolute atomic E-state index is 0.228. The number of amides is 2. The van der Waals surface area contributed by atoms with Crippen LogP contribution in [0.1, 0.15) is 58.2 Å². The quantitative estimate of drug-likeness (QED) is 0.835. The highest BCUT2D eigenvalue weighted by molar-refractivity contribution is 5.99. The molecule has 4 heteroatoms. The lowest BCUT2D eigenvalue weighted by Crippen LogP contribution is -2.55. The van der Waals surface area contributed by atoms with Gasteiger partial charge in [0.25, 0.3) is 11.8 Å². The third kappa shape index (κ3) is 4.69. The van der Waals surface area contributed by atoms with Crippen molar-refractivity contribution in [3.8, 4) is 0 Å². The molecule has 0 fully saturated rings. The molecule has 0 aliphatic rings. The SMILES string of the molecule is Cc1cc(C)cc(C(=O)NN(C(=O)c2cccc(C)c2)C(C)(C)C)c1. The molecule has 0 aromatic heterocycles. The first kappa shape index (κ1) is 18.7. The number of hydrazine groups is 1. The van der Waals surface area contributed by atoms with Crippen LogP contribution in [0, 0.1) is 20.8 Å². The summed E-state index contributed by atoms with van der Waals surface area (Å²) in [5, 5.41) is 1.40. The van der Waals surface area contributed by atoms with Gasteiger partial charge in [0.1, 0.15) is 0 Å². The van der Waals surface area contributed by atoms with E-state index in [1.54, 1.807) is 6.07 Å². The maximum atomic E-state index is 13.0. The van der Waals surface area contributed by atoms with E-state index >= 15 is 0 Å². The van der Waals surface area contributed by atoms with Crippen molar-refractivity contribution in [1.82, 2.24) is 10.4 Å². The average molecular weight is 338 g/mol. The first-order valence-electron chi connectivity index (χ1n) is 8.38. The van der Waals surface area contributed by atoms with Crippen molar-refractivity contribution in [2.45, 2.75) is 47.1 Å². The molecule has 2 aromatic carbocycles. The second kappa shape index (κ2) is 7.09. The summed E-state index contributed by atoms with van der Waals surface area (Å²) in [6.45, 7) is 11.5. The van der Waals surface area contributed by atoms with Crippen LogP contribution in [0.4, 0.5) is 0 Å². The topological polar surface area (TPSA) is 49.4 Å².